The maximum Gasteiger partial charge on any atom is 0.258 e. The Morgan fingerprint density at radius 3 is 2.62 bits per heavy atom. The van der Waals surface area contributed by atoms with E-state index in [2.05, 4.69) is 11.9 Å². The lowest BCUT2D eigenvalue weighted by Crippen LogP contribution is -2.31. The summed E-state index contributed by atoms with van der Waals surface area (Å²) in [4.78, 5) is 26.6. The van der Waals surface area contributed by atoms with Crippen LogP contribution in [0, 0.1) is 0 Å². The van der Waals surface area contributed by atoms with Crippen molar-refractivity contribution >= 4 is 23.6 Å². The first-order valence-electron chi connectivity index (χ1n) is 7.98. The summed E-state index contributed by atoms with van der Waals surface area (Å²) in [5, 5.41) is 2.67. The van der Waals surface area contributed by atoms with Gasteiger partial charge in [0, 0.05) is 37.2 Å². The molecule has 1 atom stereocenters. The molecular formula is C20H20N2O2. The van der Waals surface area contributed by atoms with Gasteiger partial charge in [0.05, 0.1) is 0 Å². The lowest BCUT2D eigenvalue weighted by atomic mass is 9.93. The monoisotopic (exact) mass is 320 g/mol. The van der Waals surface area contributed by atoms with Gasteiger partial charge in [0.25, 0.3) is 5.91 Å². The zero-order valence-corrected chi connectivity index (χ0v) is 13.7. The number of fused-ring (bicyclic) bond motifs is 1. The van der Waals surface area contributed by atoms with Crippen LogP contribution in [0.15, 0.2) is 55.1 Å². The van der Waals surface area contributed by atoms with Crippen LogP contribution in [0.25, 0.3) is 6.08 Å². The van der Waals surface area contributed by atoms with E-state index >= 15 is 0 Å². The Hall–Kier alpha value is -2.88. The average molecular weight is 320 g/mol. The molecule has 1 heterocycles. The highest BCUT2D eigenvalue weighted by Gasteiger charge is 2.35. The average Bonchev–Trinajstić information content (AvgIpc) is 3.00. The van der Waals surface area contributed by atoms with Crippen LogP contribution >= 0.6 is 0 Å². The second-order valence-electron chi connectivity index (χ2n) is 5.84. The van der Waals surface area contributed by atoms with Gasteiger partial charge in [-0.1, -0.05) is 43.0 Å². The first kappa shape index (κ1) is 16.0. The maximum atomic E-state index is 12.9. The van der Waals surface area contributed by atoms with E-state index in [1.165, 1.54) is 0 Å². The second kappa shape index (κ2) is 6.71. The number of benzene rings is 2. The highest BCUT2D eigenvalue weighted by molar-refractivity contribution is 6.08. The van der Waals surface area contributed by atoms with Gasteiger partial charge in [0.1, 0.15) is 0 Å². The van der Waals surface area contributed by atoms with Gasteiger partial charge < -0.3 is 10.2 Å². The molecule has 3 rings (SSSR count). The first-order valence-corrected chi connectivity index (χ1v) is 7.98. The predicted molar refractivity (Wildman–Crippen MR) is 96.1 cm³/mol. The number of amides is 2. The molecule has 1 N–H and O–H groups in total. The van der Waals surface area contributed by atoms with Crippen molar-refractivity contribution in [3.63, 3.8) is 0 Å². The number of carbonyl (C=O) groups excluding carboxylic acids is 2. The van der Waals surface area contributed by atoms with E-state index in [-0.39, 0.29) is 17.7 Å². The molecule has 1 unspecified atom stereocenters. The fraction of sp³-hybridized carbons (Fsp3) is 0.200. The van der Waals surface area contributed by atoms with Gasteiger partial charge in [0.2, 0.25) is 5.91 Å². The van der Waals surface area contributed by atoms with Crippen LogP contribution in [0.1, 0.15) is 33.8 Å². The smallest absolute Gasteiger partial charge is 0.258 e. The van der Waals surface area contributed by atoms with Gasteiger partial charge >= 0.3 is 0 Å². The fourth-order valence-electron chi connectivity index (χ4n) is 3.26. The number of nitrogens with zero attached hydrogens (tertiary/aromatic N) is 1. The fourth-order valence-corrected chi connectivity index (χ4v) is 3.26. The number of nitrogens with one attached hydrogen (secondary N) is 1. The van der Waals surface area contributed by atoms with Crippen molar-refractivity contribution in [2.24, 2.45) is 0 Å². The number of anilines is 1. The molecule has 1 aliphatic heterocycles. The summed E-state index contributed by atoms with van der Waals surface area (Å²) < 4.78 is 0. The van der Waals surface area contributed by atoms with E-state index in [0.717, 1.165) is 16.8 Å². The molecule has 24 heavy (non-hydrogen) atoms. The van der Waals surface area contributed by atoms with Crippen molar-refractivity contribution in [3.05, 3.63) is 71.8 Å². The summed E-state index contributed by atoms with van der Waals surface area (Å²) in [5.41, 5.74) is 3.52. The molecule has 2 amide bonds. The van der Waals surface area contributed by atoms with Crippen LogP contribution < -0.4 is 10.2 Å². The molecule has 2 aromatic carbocycles. The normalized spacial score (nSPS) is 15.7. The number of hydrogen-bond donors (Lipinski definition) is 1. The molecule has 0 saturated heterocycles. The molecule has 1 aliphatic rings. The van der Waals surface area contributed by atoms with Crippen LogP contribution in [0.2, 0.25) is 0 Å². The van der Waals surface area contributed by atoms with Crippen LogP contribution in [0.5, 0.6) is 0 Å². The molecule has 4 nitrogen and oxygen atoms in total. The lowest BCUT2D eigenvalue weighted by Gasteiger charge is -2.18. The summed E-state index contributed by atoms with van der Waals surface area (Å²) in [5.74, 6) is -0.0990. The Labute approximate surface area is 141 Å². The predicted octanol–water partition coefficient (Wildman–Crippen LogP) is 3.21. The summed E-state index contributed by atoms with van der Waals surface area (Å²) in [6.07, 6.45) is 2.14. The Morgan fingerprint density at radius 2 is 1.96 bits per heavy atom. The minimum Gasteiger partial charge on any atom is -0.359 e. The van der Waals surface area contributed by atoms with Crippen molar-refractivity contribution in [2.75, 3.05) is 18.5 Å². The van der Waals surface area contributed by atoms with Crippen molar-refractivity contribution < 1.29 is 9.59 Å². The van der Waals surface area contributed by atoms with E-state index in [4.69, 9.17) is 0 Å². The zero-order valence-electron chi connectivity index (χ0n) is 13.7. The summed E-state index contributed by atoms with van der Waals surface area (Å²) in [7, 11) is 1.63. The maximum absolute atomic E-state index is 12.9. The van der Waals surface area contributed by atoms with E-state index < -0.39 is 0 Å². The third-order valence-electron chi connectivity index (χ3n) is 4.42. The second-order valence-corrected chi connectivity index (χ2v) is 5.84. The number of carbonyl (C=O) groups is 2. The Balaban J connectivity index is 2.01. The van der Waals surface area contributed by atoms with Crippen molar-refractivity contribution in [3.8, 4) is 0 Å². The van der Waals surface area contributed by atoms with Crippen LogP contribution in [0.4, 0.5) is 5.69 Å². The van der Waals surface area contributed by atoms with Gasteiger partial charge in [-0.2, -0.15) is 0 Å². The third kappa shape index (κ3) is 2.83. The van der Waals surface area contributed by atoms with Crippen LogP contribution in [-0.2, 0) is 4.79 Å². The minimum atomic E-state index is -0.0440. The Morgan fingerprint density at radius 1 is 1.21 bits per heavy atom. The molecule has 0 saturated carbocycles. The molecule has 122 valence electrons. The molecule has 0 spiro atoms. The molecule has 2 aromatic rings. The SMILES string of the molecule is C=Cc1cccc2c1C(CC(=O)NC)CN2C(=O)c1ccccc1. The summed E-state index contributed by atoms with van der Waals surface area (Å²) in [6.45, 7) is 4.37. The minimum absolute atomic E-state index is 0.0261. The van der Waals surface area contributed by atoms with Gasteiger partial charge in [-0.25, -0.2) is 0 Å². The van der Waals surface area contributed by atoms with Crippen LogP contribution in [0.3, 0.4) is 0 Å². The molecule has 0 aliphatic carbocycles. The molecule has 0 bridgehead atoms. The molecule has 0 radical (unpaired) electrons. The largest absolute Gasteiger partial charge is 0.359 e. The van der Waals surface area contributed by atoms with E-state index in [1.807, 2.05) is 48.5 Å². The van der Waals surface area contributed by atoms with E-state index in [1.54, 1.807) is 18.0 Å². The quantitative estimate of drug-likeness (QED) is 0.940. The standard InChI is InChI=1S/C20H20N2O2/c1-3-14-10-7-11-17-19(14)16(12-18(23)21-2)13-22(17)20(24)15-8-5-4-6-9-15/h3-11,16H,1,12-13H2,2H3,(H,21,23). The highest BCUT2D eigenvalue weighted by Crippen LogP contribution is 2.41. The highest BCUT2D eigenvalue weighted by atomic mass is 16.2. The van der Waals surface area contributed by atoms with Crippen molar-refractivity contribution in [2.45, 2.75) is 12.3 Å². The van der Waals surface area contributed by atoms with Gasteiger partial charge in [0.15, 0.2) is 0 Å². The van der Waals surface area contributed by atoms with Crippen LogP contribution in [-0.4, -0.2) is 25.4 Å². The molecule has 4 heteroatoms. The third-order valence-corrected chi connectivity index (χ3v) is 4.42. The summed E-state index contributed by atoms with van der Waals surface area (Å²) >= 11 is 0. The number of rotatable bonds is 4. The van der Waals surface area contributed by atoms with Gasteiger partial charge in [-0.15, -0.1) is 0 Å². The molecular weight excluding hydrogens is 300 g/mol. The van der Waals surface area contributed by atoms with Crippen molar-refractivity contribution in [1.82, 2.24) is 5.32 Å². The van der Waals surface area contributed by atoms with Crippen molar-refractivity contribution in [1.29, 1.82) is 0 Å². The zero-order chi connectivity index (χ0) is 17.1. The van der Waals surface area contributed by atoms with Gasteiger partial charge in [-0.05, 0) is 29.3 Å². The number of hydrogen-bond acceptors (Lipinski definition) is 2. The molecule has 0 fully saturated rings. The summed E-state index contributed by atoms with van der Waals surface area (Å²) in [6, 6.07) is 15.0. The topological polar surface area (TPSA) is 49.4 Å². The Kier molecular flexibility index (Phi) is 4.47. The van der Waals surface area contributed by atoms with Gasteiger partial charge in [-0.3, -0.25) is 9.59 Å². The Bertz CT molecular complexity index is 783. The van der Waals surface area contributed by atoms with E-state index in [0.29, 0.717) is 18.5 Å². The lowest BCUT2D eigenvalue weighted by molar-refractivity contribution is -0.120. The molecule has 0 aromatic heterocycles. The first-order chi connectivity index (χ1) is 11.7. The van der Waals surface area contributed by atoms with E-state index in [9.17, 15) is 9.59 Å².